The van der Waals surface area contributed by atoms with E-state index in [1.54, 1.807) is 0 Å². The summed E-state index contributed by atoms with van der Waals surface area (Å²) in [6.45, 7) is 1.20. The zero-order chi connectivity index (χ0) is 16.2. The van der Waals surface area contributed by atoms with Crippen LogP contribution in [0.1, 0.15) is 23.4 Å². The Morgan fingerprint density at radius 1 is 1.38 bits per heavy atom. The fourth-order valence-electron chi connectivity index (χ4n) is 1.50. The molecule has 114 valence electrons. The molecule has 21 heavy (non-hydrogen) atoms. The molecule has 0 saturated heterocycles. The summed E-state index contributed by atoms with van der Waals surface area (Å²) < 4.78 is 37.1. The molecule has 1 aromatic carbocycles. The number of carbonyl (C=O) groups excluding carboxylic acids is 1. The third kappa shape index (κ3) is 5.81. The van der Waals surface area contributed by atoms with E-state index < -0.39 is 22.6 Å². The molecule has 0 aliphatic heterocycles. The molecule has 0 radical (unpaired) electrons. The summed E-state index contributed by atoms with van der Waals surface area (Å²) in [6.07, 6.45) is 2.00. The summed E-state index contributed by atoms with van der Waals surface area (Å²) in [7, 11) is 0. The van der Waals surface area contributed by atoms with Gasteiger partial charge in [-0.2, -0.15) is 13.2 Å². The topological polar surface area (TPSA) is 54.4 Å². The lowest BCUT2D eigenvalue weighted by atomic mass is 10.0. The number of thioether (sulfide) groups is 1. The second-order valence-electron chi connectivity index (χ2n) is 3.98. The summed E-state index contributed by atoms with van der Waals surface area (Å²) in [6, 6.07) is 3.62. The molecule has 1 aromatic rings. The van der Waals surface area contributed by atoms with Gasteiger partial charge in [-0.15, -0.1) is 11.6 Å². The van der Waals surface area contributed by atoms with Crippen LogP contribution in [0.5, 0.6) is 0 Å². The predicted molar refractivity (Wildman–Crippen MR) is 74.3 cm³/mol. The van der Waals surface area contributed by atoms with Crippen LogP contribution in [0.2, 0.25) is 0 Å². The Hall–Kier alpha value is -1.47. The summed E-state index contributed by atoms with van der Waals surface area (Å²) in [5.41, 5.74) is -4.05. The van der Waals surface area contributed by atoms with Gasteiger partial charge in [-0.3, -0.25) is 4.79 Å². The summed E-state index contributed by atoms with van der Waals surface area (Å²) >= 11 is 5.55. The van der Waals surface area contributed by atoms with Gasteiger partial charge in [0.2, 0.25) is 0 Å². The Kier molecular flexibility index (Phi) is 5.86. The van der Waals surface area contributed by atoms with Crippen molar-refractivity contribution in [1.82, 2.24) is 0 Å². The number of ketones is 1. The molecular formula is C13H10ClF3O3S. The highest BCUT2D eigenvalue weighted by atomic mass is 35.5. The minimum absolute atomic E-state index is 0.128. The van der Waals surface area contributed by atoms with Crippen molar-refractivity contribution in [3.63, 3.8) is 0 Å². The first-order chi connectivity index (χ1) is 9.60. The number of carbonyl (C=O) groups is 2. The van der Waals surface area contributed by atoms with E-state index in [1.165, 1.54) is 25.1 Å². The van der Waals surface area contributed by atoms with Crippen molar-refractivity contribution >= 4 is 41.2 Å². The average Bonchev–Trinajstić information content (AvgIpc) is 2.34. The van der Waals surface area contributed by atoms with Gasteiger partial charge in [0.1, 0.15) is 5.38 Å². The number of Topliss-reactive ketones (excluding diaryl/α,β-unsaturated/α-hetero) is 1. The van der Waals surface area contributed by atoms with Crippen molar-refractivity contribution in [2.24, 2.45) is 0 Å². The van der Waals surface area contributed by atoms with Crippen LogP contribution >= 0.6 is 23.4 Å². The molecule has 1 atom stereocenters. The maximum Gasteiger partial charge on any atom is 0.446 e. The molecule has 8 heteroatoms. The molecule has 3 nitrogen and oxygen atoms in total. The number of carboxylic acid groups (broad SMARTS) is 1. The number of rotatable bonds is 5. The van der Waals surface area contributed by atoms with E-state index in [0.29, 0.717) is 0 Å². The minimum Gasteiger partial charge on any atom is -0.478 e. The molecule has 0 aliphatic carbocycles. The third-order valence-corrected chi connectivity index (χ3v) is 3.59. The smallest absolute Gasteiger partial charge is 0.446 e. The van der Waals surface area contributed by atoms with Crippen LogP contribution in [0.25, 0.3) is 6.08 Å². The van der Waals surface area contributed by atoms with Crippen LogP contribution in [0.3, 0.4) is 0 Å². The van der Waals surface area contributed by atoms with Gasteiger partial charge in [0.25, 0.3) is 0 Å². The first kappa shape index (κ1) is 17.6. The van der Waals surface area contributed by atoms with Crippen LogP contribution in [0.15, 0.2) is 29.2 Å². The van der Waals surface area contributed by atoms with Gasteiger partial charge >= 0.3 is 11.5 Å². The van der Waals surface area contributed by atoms with Crippen LogP contribution in [-0.4, -0.2) is 22.4 Å². The van der Waals surface area contributed by atoms with E-state index in [-0.39, 0.29) is 27.8 Å². The van der Waals surface area contributed by atoms with Gasteiger partial charge in [0.15, 0.2) is 5.78 Å². The summed E-state index contributed by atoms with van der Waals surface area (Å²) in [4.78, 5) is 21.7. The van der Waals surface area contributed by atoms with Crippen molar-refractivity contribution < 1.29 is 27.9 Å². The van der Waals surface area contributed by atoms with E-state index in [9.17, 15) is 22.8 Å². The van der Waals surface area contributed by atoms with Crippen LogP contribution < -0.4 is 0 Å². The Bertz CT molecular complexity index is 585. The molecule has 0 aromatic heterocycles. The maximum atomic E-state index is 12.4. The normalized spacial score (nSPS) is 13.4. The van der Waals surface area contributed by atoms with Crippen LogP contribution in [0.4, 0.5) is 13.2 Å². The van der Waals surface area contributed by atoms with Crippen molar-refractivity contribution in [3.05, 3.63) is 35.4 Å². The van der Waals surface area contributed by atoms with Gasteiger partial charge in [-0.1, -0.05) is 6.07 Å². The predicted octanol–water partition coefficient (Wildman–Crippen LogP) is 4.27. The third-order valence-electron chi connectivity index (χ3n) is 2.33. The molecule has 0 fully saturated rings. The van der Waals surface area contributed by atoms with Crippen LogP contribution in [0, 0.1) is 0 Å². The lowest BCUT2D eigenvalue weighted by Crippen LogP contribution is -2.05. The first-order valence-corrected chi connectivity index (χ1v) is 6.80. The summed E-state index contributed by atoms with van der Waals surface area (Å²) in [5.74, 6) is -1.67. The zero-order valence-electron chi connectivity index (χ0n) is 10.6. The van der Waals surface area contributed by atoms with Crippen molar-refractivity contribution in [3.8, 4) is 0 Å². The van der Waals surface area contributed by atoms with E-state index in [1.807, 2.05) is 0 Å². The fraction of sp³-hybridized carbons (Fsp3) is 0.231. The number of aliphatic carboxylic acids is 1. The molecule has 1 N–H and O–H groups in total. The molecule has 0 amide bonds. The monoisotopic (exact) mass is 338 g/mol. The molecule has 0 saturated carbocycles. The fourth-order valence-corrected chi connectivity index (χ4v) is 2.28. The van der Waals surface area contributed by atoms with Gasteiger partial charge < -0.3 is 5.11 Å². The SMILES string of the molecule is CC(=O)C(Cl)c1cc(SC(F)(F)F)ccc1C=CC(=O)O. The number of alkyl halides is 4. The van der Waals surface area contributed by atoms with Gasteiger partial charge in [0.05, 0.1) is 0 Å². The van der Waals surface area contributed by atoms with Gasteiger partial charge in [-0.05, 0) is 48.0 Å². The van der Waals surface area contributed by atoms with E-state index >= 15 is 0 Å². The van der Waals surface area contributed by atoms with Crippen molar-refractivity contribution in [1.29, 1.82) is 0 Å². The van der Waals surface area contributed by atoms with Crippen molar-refractivity contribution in [2.45, 2.75) is 22.7 Å². The van der Waals surface area contributed by atoms with Gasteiger partial charge in [-0.25, -0.2) is 4.79 Å². The quantitative estimate of drug-likeness (QED) is 0.495. The molecule has 0 bridgehead atoms. The average molecular weight is 339 g/mol. The first-order valence-electron chi connectivity index (χ1n) is 5.55. The molecular weight excluding hydrogens is 329 g/mol. The van der Waals surface area contributed by atoms with Crippen molar-refractivity contribution in [2.75, 3.05) is 0 Å². The Morgan fingerprint density at radius 2 is 2.00 bits per heavy atom. The molecule has 0 spiro atoms. The number of hydrogen-bond acceptors (Lipinski definition) is 3. The molecule has 0 heterocycles. The Balaban J connectivity index is 3.26. The second kappa shape index (κ2) is 7.00. The number of hydrogen-bond donors (Lipinski definition) is 1. The largest absolute Gasteiger partial charge is 0.478 e. The second-order valence-corrected chi connectivity index (χ2v) is 5.56. The molecule has 1 rings (SSSR count). The highest BCUT2D eigenvalue weighted by Gasteiger charge is 2.30. The number of halogens is 4. The standard InChI is InChI=1S/C13H10ClF3O3S/c1-7(18)12(14)10-6-9(21-13(15,16)17)4-2-8(10)3-5-11(19)20/h2-6,12H,1H3,(H,19,20). The Morgan fingerprint density at radius 3 is 2.48 bits per heavy atom. The van der Waals surface area contributed by atoms with Gasteiger partial charge in [0, 0.05) is 11.0 Å². The molecule has 0 aliphatic rings. The summed E-state index contributed by atoms with van der Waals surface area (Å²) in [5, 5.41) is 7.44. The zero-order valence-corrected chi connectivity index (χ0v) is 12.2. The van der Waals surface area contributed by atoms with E-state index in [4.69, 9.17) is 16.7 Å². The molecule has 1 unspecified atom stereocenters. The lowest BCUT2D eigenvalue weighted by molar-refractivity contribution is -0.131. The number of carboxylic acids is 1. The maximum absolute atomic E-state index is 12.4. The minimum atomic E-state index is -4.46. The number of benzene rings is 1. The van der Waals surface area contributed by atoms with E-state index in [0.717, 1.165) is 12.1 Å². The highest BCUT2D eigenvalue weighted by molar-refractivity contribution is 8.00. The van der Waals surface area contributed by atoms with E-state index in [2.05, 4.69) is 0 Å². The van der Waals surface area contributed by atoms with Crippen LogP contribution in [-0.2, 0) is 9.59 Å². The highest BCUT2D eigenvalue weighted by Crippen LogP contribution is 2.39. The Labute approximate surface area is 127 Å². The lowest BCUT2D eigenvalue weighted by Gasteiger charge is -2.13.